The maximum absolute atomic E-state index is 10.0. The minimum absolute atomic E-state index is 0.298. The highest BCUT2D eigenvalue weighted by molar-refractivity contribution is 6.30. The summed E-state index contributed by atoms with van der Waals surface area (Å²) in [6.07, 6.45) is 2.03. The first-order valence-electron chi connectivity index (χ1n) is 6.87. The number of fused-ring (bicyclic) bond motifs is 1. The summed E-state index contributed by atoms with van der Waals surface area (Å²) in [7, 11) is 0. The van der Waals surface area contributed by atoms with Crippen molar-refractivity contribution in [2.45, 2.75) is 20.1 Å². The highest BCUT2D eigenvalue weighted by atomic mass is 35.5. The zero-order chi connectivity index (χ0) is 14.8. The fraction of sp³-hybridized carbons (Fsp3) is 0.176. The average molecular weight is 302 g/mol. The molecule has 2 aromatic carbocycles. The summed E-state index contributed by atoms with van der Waals surface area (Å²) in [5.74, 6) is 1.07. The highest BCUT2D eigenvalue weighted by Crippen LogP contribution is 2.29. The molecule has 4 heteroatoms. The van der Waals surface area contributed by atoms with Crippen LogP contribution >= 0.6 is 11.6 Å². The lowest BCUT2D eigenvalue weighted by atomic mass is 10.2. The van der Waals surface area contributed by atoms with Crippen LogP contribution in [0.2, 0.25) is 5.02 Å². The SMILES string of the molecule is CCn1cc(COc2ccc(Cl)cc2)c2cccc(O)c21. The molecular formula is C17H16ClNO2. The van der Waals surface area contributed by atoms with Crippen molar-refractivity contribution in [1.82, 2.24) is 4.57 Å². The van der Waals surface area contributed by atoms with Crippen LogP contribution in [-0.2, 0) is 13.2 Å². The fourth-order valence-corrected chi connectivity index (χ4v) is 2.60. The molecule has 0 saturated heterocycles. The van der Waals surface area contributed by atoms with Gasteiger partial charge in [0.2, 0.25) is 0 Å². The number of aromatic nitrogens is 1. The monoisotopic (exact) mass is 301 g/mol. The van der Waals surface area contributed by atoms with E-state index in [4.69, 9.17) is 16.3 Å². The van der Waals surface area contributed by atoms with Gasteiger partial charge in [-0.15, -0.1) is 0 Å². The molecule has 0 atom stereocenters. The standard InChI is InChI=1S/C17H16ClNO2/c1-2-19-10-12(15-4-3-5-16(20)17(15)19)11-21-14-8-6-13(18)7-9-14/h3-10,20H,2,11H2,1H3. The Bertz CT molecular complexity index is 762. The maximum Gasteiger partial charge on any atom is 0.139 e. The second-order valence-electron chi connectivity index (χ2n) is 4.86. The lowest BCUT2D eigenvalue weighted by molar-refractivity contribution is 0.307. The number of ether oxygens (including phenoxy) is 1. The largest absolute Gasteiger partial charge is 0.506 e. The van der Waals surface area contributed by atoms with Crippen molar-refractivity contribution in [2.24, 2.45) is 0 Å². The van der Waals surface area contributed by atoms with Crippen molar-refractivity contribution in [3.8, 4) is 11.5 Å². The predicted molar refractivity (Wildman–Crippen MR) is 85.1 cm³/mol. The van der Waals surface area contributed by atoms with Gasteiger partial charge in [-0.2, -0.15) is 0 Å². The molecule has 1 heterocycles. The zero-order valence-electron chi connectivity index (χ0n) is 11.7. The molecule has 0 aliphatic heterocycles. The lowest BCUT2D eigenvalue weighted by Crippen LogP contribution is -1.95. The third kappa shape index (κ3) is 2.69. The van der Waals surface area contributed by atoms with Crippen LogP contribution in [0.15, 0.2) is 48.7 Å². The Morgan fingerprint density at radius 1 is 1.14 bits per heavy atom. The second kappa shape index (κ2) is 5.70. The summed E-state index contributed by atoms with van der Waals surface area (Å²) in [5.41, 5.74) is 1.91. The van der Waals surface area contributed by atoms with Gasteiger partial charge in [0.25, 0.3) is 0 Å². The molecule has 0 fully saturated rings. The molecule has 3 aromatic rings. The van der Waals surface area contributed by atoms with Crippen molar-refractivity contribution in [1.29, 1.82) is 0 Å². The van der Waals surface area contributed by atoms with Crippen molar-refractivity contribution in [3.63, 3.8) is 0 Å². The van der Waals surface area contributed by atoms with Gasteiger partial charge in [0.05, 0.1) is 5.52 Å². The molecule has 0 aliphatic carbocycles. The predicted octanol–water partition coefficient (Wildman–Crippen LogP) is 4.60. The van der Waals surface area contributed by atoms with Gasteiger partial charge < -0.3 is 14.4 Å². The number of benzene rings is 2. The minimum Gasteiger partial charge on any atom is -0.506 e. The summed E-state index contributed by atoms with van der Waals surface area (Å²) >= 11 is 5.86. The molecule has 0 spiro atoms. The van der Waals surface area contributed by atoms with E-state index < -0.39 is 0 Å². The average Bonchev–Trinajstić information content (AvgIpc) is 2.86. The van der Waals surface area contributed by atoms with Crippen LogP contribution in [-0.4, -0.2) is 9.67 Å². The smallest absolute Gasteiger partial charge is 0.139 e. The number of phenolic OH excluding ortho intramolecular Hbond substituents is 1. The molecule has 1 N–H and O–H groups in total. The second-order valence-corrected chi connectivity index (χ2v) is 5.29. The number of aromatic hydroxyl groups is 1. The number of halogens is 1. The third-order valence-corrected chi connectivity index (χ3v) is 3.76. The zero-order valence-corrected chi connectivity index (χ0v) is 12.5. The van der Waals surface area contributed by atoms with E-state index in [2.05, 4.69) is 6.92 Å². The molecular weight excluding hydrogens is 286 g/mol. The first-order chi connectivity index (χ1) is 10.2. The molecule has 0 radical (unpaired) electrons. The molecule has 0 saturated carbocycles. The molecule has 21 heavy (non-hydrogen) atoms. The summed E-state index contributed by atoms with van der Waals surface area (Å²) in [5, 5.41) is 11.7. The highest BCUT2D eigenvalue weighted by Gasteiger charge is 2.11. The third-order valence-electron chi connectivity index (χ3n) is 3.51. The maximum atomic E-state index is 10.0. The first kappa shape index (κ1) is 13.8. The van der Waals surface area contributed by atoms with Crippen molar-refractivity contribution in [3.05, 3.63) is 59.2 Å². The number of aryl methyl sites for hydroxylation is 1. The molecule has 3 rings (SSSR count). The van der Waals surface area contributed by atoms with Crippen LogP contribution in [0.3, 0.4) is 0 Å². The molecule has 108 valence electrons. The normalized spacial score (nSPS) is 11.0. The Hall–Kier alpha value is -2.13. The van der Waals surface area contributed by atoms with E-state index >= 15 is 0 Å². The Morgan fingerprint density at radius 3 is 2.62 bits per heavy atom. The van der Waals surface area contributed by atoms with Gasteiger partial charge in [0.15, 0.2) is 0 Å². The Morgan fingerprint density at radius 2 is 1.90 bits per heavy atom. The lowest BCUT2D eigenvalue weighted by Gasteiger charge is -2.05. The van der Waals surface area contributed by atoms with Crippen LogP contribution in [0.4, 0.5) is 0 Å². The summed E-state index contributed by atoms with van der Waals surface area (Å²) < 4.78 is 7.83. The summed E-state index contributed by atoms with van der Waals surface area (Å²) in [6, 6.07) is 12.9. The van der Waals surface area contributed by atoms with E-state index in [1.165, 1.54) is 0 Å². The molecule has 0 bridgehead atoms. The Balaban J connectivity index is 1.90. The molecule has 0 aliphatic rings. The molecule has 0 unspecified atom stereocenters. The van der Waals surface area contributed by atoms with Gasteiger partial charge in [-0.05, 0) is 37.3 Å². The van der Waals surface area contributed by atoms with Gasteiger partial charge in [-0.3, -0.25) is 0 Å². The Kier molecular flexibility index (Phi) is 3.76. The van der Waals surface area contributed by atoms with E-state index in [1.54, 1.807) is 18.2 Å². The van der Waals surface area contributed by atoms with Crippen molar-refractivity contribution < 1.29 is 9.84 Å². The van der Waals surface area contributed by atoms with E-state index in [0.717, 1.165) is 28.8 Å². The fourth-order valence-electron chi connectivity index (χ4n) is 2.47. The van der Waals surface area contributed by atoms with Gasteiger partial charge in [-0.25, -0.2) is 0 Å². The topological polar surface area (TPSA) is 34.4 Å². The van der Waals surface area contributed by atoms with Crippen molar-refractivity contribution >= 4 is 22.5 Å². The van der Waals surface area contributed by atoms with E-state index in [0.29, 0.717) is 17.4 Å². The quantitative estimate of drug-likeness (QED) is 0.764. The van der Waals surface area contributed by atoms with Crippen LogP contribution in [0.5, 0.6) is 11.5 Å². The molecule has 1 aromatic heterocycles. The van der Waals surface area contributed by atoms with Crippen molar-refractivity contribution in [2.75, 3.05) is 0 Å². The molecule has 0 amide bonds. The van der Waals surface area contributed by atoms with Gasteiger partial charge in [0.1, 0.15) is 18.1 Å². The van der Waals surface area contributed by atoms with Gasteiger partial charge in [-0.1, -0.05) is 23.7 Å². The number of phenols is 1. The number of nitrogens with zero attached hydrogens (tertiary/aromatic N) is 1. The summed E-state index contributed by atoms with van der Waals surface area (Å²) in [4.78, 5) is 0. The Labute approximate surface area is 128 Å². The van der Waals surface area contributed by atoms with E-state index in [9.17, 15) is 5.11 Å². The van der Waals surface area contributed by atoms with Crippen LogP contribution in [0, 0.1) is 0 Å². The van der Waals surface area contributed by atoms with Gasteiger partial charge in [0, 0.05) is 28.7 Å². The summed E-state index contributed by atoms with van der Waals surface area (Å²) in [6.45, 7) is 3.30. The van der Waals surface area contributed by atoms with Crippen LogP contribution in [0.25, 0.3) is 10.9 Å². The van der Waals surface area contributed by atoms with Gasteiger partial charge >= 0.3 is 0 Å². The van der Waals surface area contributed by atoms with E-state index in [-0.39, 0.29) is 0 Å². The first-order valence-corrected chi connectivity index (χ1v) is 7.25. The number of hydrogen-bond donors (Lipinski definition) is 1. The van der Waals surface area contributed by atoms with E-state index in [1.807, 2.05) is 35.0 Å². The van der Waals surface area contributed by atoms with Crippen LogP contribution in [0.1, 0.15) is 12.5 Å². The van der Waals surface area contributed by atoms with Crippen LogP contribution < -0.4 is 4.74 Å². The molecule has 3 nitrogen and oxygen atoms in total. The number of hydrogen-bond acceptors (Lipinski definition) is 2. The number of rotatable bonds is 4. The minimum atomic E-state index is 0.298. The number of para-hydroxylation sites is 1.